The molecular weight excluding hydrogens is 372 g/mol. The normalized spacial score (nSPS) is 10.5. The van der Waals surface area contributed by atoms with E-state index in [2.05, 4.69) is 20.8 Å². The van der Waals surface area contributed by atoms with Crippen LogP contribution in [0.1, 0.15) is 20.7 Å². The molecule has 2 N–H and O–H groups in total. The van der Waals surface area contributed by atoms with Gasteiger partial charge >= 0.3 is 0 Å². The van der Waals surface area contributed by atoms with Crippen LogP contribution in [0.5, 0.6) is 0 Å². The van der Waals surface area contributed by atoms with Crippen LogP contribution in [-0.2, 0) is 0 Å². The zero-order chi connectivity index (χ0) is 20.2. The van der Waals surface area contributed by atoms with E-state index in [1.807, 2.05) is 0 Å². The van der Waals surface area contributed by atoms with Crippen LogP contribution in [0.2, 0.25) is 0 Å². The summed E-state index contributed by atoms with van der Waals surface area (Å²) in [7, 11) is 1.52. The van der Waals surface area contributed by atoms with Crippen LogP contribution in [0.15, 0.2) is 75.8 Å². The lowest BCUT2D eigenvalue weighted by Gasteiger charge is -2.09. The maximum Gasteiger partial charge on any atom is 0.283 e. The van der Waals surface area contributed by atoms with Gasteiger partial charge in [-0.2, -0.15) is 0 Å². The van der Waals surface area contributed by atoms with Gasteiger partial charge in [-0.05, 0) is 42.5 Å². The number of nitrogens with zero attached hydrogens (tertiary/aromatic N) is 2. The third-order valence-electron chi connectivity index (χ3n) is 4.17. The Morgan fingerprint density at radius 1 is 0.862 bits per heavy atom. The molecule has 2 aromatic carbocycles. The second-order valence-electron chi connectivity index (χ2n) is 6.05. The van der Waals surface area contributed by atoms with Crippen LogP contribution in [0.25, 0.3) is 23.1 Å². The number of nitrogens with one attached hydrogen (secondary N) is 2. The van der Waals surface area contributed by atoms with E-state index in [4.69, 9.17) is 8.83 Å². The average molecular weight is 388 g/mol. The van der Waals surface area contributed by atoms with Crippen molar-refractivity contribution in [3.8, 4) is 23.1 Å². The summed E-state index contributed by atoms with van der Waals surface area (Å²) < 4.78 is 10.9. The minimum atomic E-state index is -0.400. The molecule has 2 heterocycles. The Morgan fingerprint density at radius 2 is 1.62 bits per heavy atom. The molecule has 0 saturated heterocycles. The summed E-state index contributed by atoms with van der Waals surface area (Å²) in [6, 6.07) is 17.0. The van der Waals surface area contributed by atoms with Crippen molar-refractivity contribution < 1.29 is 18.4 Å². The molecule has 29 heavy (non-hydrogen) atoms. The van der Waals surface area contributed by atoms with Crippen molar-refractivity contribution in [2.45, 2.75) is 0 Å². The maximum atomic E-state index is 12.7. The highest BCUT2D eigenvalue weighted by Crippen LogP contribution is 2.26. The Morgan fingerprint density at radius 3 is 2.34 bits per heavy atom. The lowest BCUT2D eigenvalue weighted by molar-refractivity contribution is 0.0948. The first-order chi connectivity index (χ1) is 14.2. The average Bonchev–Trinajstić information content (AvgIpc) is 3.45. The van der Waals surface area contributed by atoms with Gasteiger partial charge in [-0.15, -0.1) is 10.2 Å². The summed E-state index contributed by atoms with van der Waals surface area (Å²) in [5, 5.41) is 13.3. The van der Waals surface area contributed by atoms with E-state index < -0.39 is 5.91 Å². The van der Waals surface area contributed by atoms with E-state index >= 15 is 0 Å². The summed E-state index contributed by atoms with van der Waals surface area (Å²) in [6.45, 7) is 0. The fourth-order valence-electron chi connectivity index (χ4n) is 2.78. The molecule has 0 atom stereocenters. The van der Waals surface area contributed by atoms with Gasteiger partial charge in [-0.3, -0.25) is 9.59 Å². The molecule has 8 nitrogen and oxygen atoms in total. The van der Waals surface area contributed by atoms with Gasteiger partial charge in [0.25, 0.3) is 17.7 Å². The number of furan rings is 1. The summed E-state index contributed by atoms with van der Waals surface area (Å²) in [5.74, 6) is 0.292. The lowest BCUT2D eigenvalue weighted by atomic mass is 10.1. The monoisotopic (exact) mass is 388 g/mol. The molecule has 0 radical (unpaired) electrons. The van der Waals surface area contributed by atoms with Gasteiger partial charge in [-0.1, -0.05) is 18.2 Å². The topological polar surface area (TPSA) is 110 Å². The number of hydrogen-bond donors (Lipinski definition) is 2. The molecule has 8 heteroatoms. The lowest BCUT2D eigenvalue weighted by Crippen LogP contribution is -2.23. The molecule has 4 aromatic rings. The molecule has 0 spiro atoms. The largest absolute Gasteiger partial charge is 0.459 e. The number of aromatic nitrogens is 2. The van der Waals surface area contributed by atoms with Gasteiger partial charge in [0.15, 0.2) is 5.76 Å². The highest BCUT2D eigenvalue weighted by atomic mass is 16.4. The van der Waals surface area contributed by atoms with Gasteiger partial charge < -0.3 is 19.5 Å². The van der Waals surface area contributed by atoms with Crippen LogP contribution >= 0.6 is 0 Å². The molecule has 0 aliphatic heterocycles. The predicted molar refractivity (Wildman–Crippen MR) is 105 cm³/mol. The van der Waals surface area contributed by atoms with Crippen molar-refractivity contribution >= 4 is 17.5 Å². The summed E-state index contributed by atoms with van der Waals surface area (Å²) in [6.07, 6.45) is 1.52. The molecule has 4 rings (SSSR count). The molecule has 0 unspecified atom stereocenters. The number of amides is 2. The third kappa shape index (κ3) is 3.77. The van der Waals surface area contributed by atoms with Gasteiger partial charge in [0.1, 0.15) is 0 Å². The molecule has 0 bridgehead atoms. The van der Waals surface area contributed by atoms with Crippen LogP contribution < -0.4 is 10.6 Å². The zero-order valence-electron chi connectivity index (χ0n) is 15.4. The number of benzene rings is 2. The summed E-state index contributed by atoms with van der Waals surface area (Å²) in [5.41, 5.74) is 1.73. The fraction of sp³-hybridized carbons (Fsp3) is 0.0476. The number of rotatable bonds is 5. The van der Waals surface area contributed by atoms with Crippen LogP contribution in [0.4, 0.5) is 5.69 Å². The van der Waals surface area contributed by atoms with E-state index in [1.54, 1.807) is 60.7 Å². The predicted octanol–water partition coefficient (Wildman–Crippen LogP) is 3.61. The van der Waals surface area contributed by atoms with Gasteiger partial charge in [-0.25, -0.2) is 0 Å². The Labute approximate surface area is 165 Å². The number of anilines is 1. The zero-order valence-corrected chi connectivity index (χ0v) is 15.4. The second-order valence-corrected chi connectivity index (χ2v) is 6.05. The molecule has 2 aromatic heterocycles. The smallest absolute Gasteiger partial charge is 0.283 e. The SMILES string of the molecule is CNC(=O)c1ccccc1C(=O)Nc1cccc(-c2nnc(-c3ccco3)o2)c1. The van der Waals surface area contributed by atoms with Crippen LogP contribution in [0, 0.1) is 0 Å². The second kappa shape index (κ2) is 7.81. The van der Waals surface area contributed by atoms with Gasteiger partial charge in [0.05, 0.1) is 17.4 Å². The van der Waals surface area contributed by atoms with Gasteiger partial charge in [0, 0.05) is 18.3 Å². The highest BCUT2D eigenvalue weighted by Gasteiger charge is 2.17. The van der Waals surface area contributed by atoms with E-state index in [1.165, 1.54) is 13.3 Å². The van der Waals surface area contributed by atoms with Crippen molar-refractivity contribution in [2.75, 3.05) is 12.4 Å². The van der Waals surface area contributed by atoms with E-state index in [0.29, 0.717) is 28.5 Å². The van der Waals surface area contributed by atoms with Crippen LogP contribution in [0.3, 0.4) is 0 Å². The first kappa shape index (κ1) is 18.2. The Kier molecular flexibility index (Phi) is 4.90. The molecule has 0 aliphatic carbocycles. The number of hydrogen-bond acceptors (Lipinski definition) is 6. The Balaban J connectivity index is 1.57. The van der Waals surface area contributed by atoms with Crippen molar-refractivity contribution in [1.82, 2.24) is 15.5 Å². The van der Waals surface area contributed by atoms with Crippen molar-refractivity contribution in [3.05, 3.63) is 78.1 Å². The van der Waals surface area contributed by atoms with Gasteiger partial charge in [0.2, 0.25) is 5.89 Å². The van der Waals surface area contributed by atoms with Crippen molar-refractivity contribution in [1.29, 1.82) is 0 Å². The maximum absolute atomic E-state index is 12.7. The van der Waals surface area contributed by atoms with E-state index in [-0.39, 0.29) is 17.4 Å². The molecule has 0 fully saturated rings. The molecule has 0 saturated carbocycles. The number of carbonyl (C=O) groups excluding carboxylic acids is 2. The molecule has 0 aliphatic rings. The van der Waals surface area contributed by atoms with E-state index in [9.17, 15) is 9.59 Å². The van der Waals surface area contributed by atoms with Crippen molar-refractivity contribution in [3.63, 3.8) is 0 Å². The standard InChI is InChI=1S/C21H16N4O4/c1-22-18(26)15-8-2-3-9-16(15)19(27)23-14-7-4-6-13(12-14)20-24-25-21(29-20)17-10-5-11-28-17/h2-12H,1H3,(H,22,26)(H,23,27). The first-order valence-corrected chi connectivity index (χ1v) is 8.76. The third-order valence-corrected chi connectivity index (χ3v) is 4.17. The quantitative estimate of drug-likeness (QED) is 0.540. The summed E-state index contributed by atoms with van der Waals surface area (Å²) >= 11 is 0. The fourth-order valence-corrected chi connectivity index (χ4v) is 2.78. The Bertz CT molecular complexity index is 1160. The Hall–Kier alpha value is -4.20. The minimum absolute atomic E-state index is 0.263. The molecule has 2 amide bonds. The van der Waals surface area contributed by atoms with Crippen LogP contribution in [-0.4, -0.2) is 29.1 Å². The highest BCUT2D eigenvalue weighted by molar-refractivity contribution is 6.12. The minimum Gasteiger partial charge on any atom is -0.459 e. The first-order valence-electron chi connectivity index (χ1n) is 8.76. The summed E-state index contributed by atoms with van der Waals surface area (Å²) in [4.78, 5) is 24.7. The van der Waals surface area contributed by atoms with Crippen molar-refractivity contribution in [2.24, 2.45) is 0 Å². The molecule has 144 valence electrons. The molecular formula is C21H16N4O4. The number of carbonyl (C=O) groups is 2. The van der Waals surface area contributed by atoms with E-state index in [0.717, 1.165) is 0 Å².